The van der Waals surface area contributed by atoms with E-state index in [0.717, 1.165) is 11.1 Å². The molecule has 4 nitrogen and oxygen atoms in total. The first-order valence-corrected chi connectivity index (χ1v) is 4.41. The van der Waals surface area contributed by atoms with Crippen molar-refractivity contribution in [3.63, 3.8) is 0 Å². The molecule has 0 amide bonds. The number of hydrogen-bond acceptors (Lipinski definition) is 3. The molecule has 1 atom stereocenters. The van der Waals surface area contributed by atoms with Crippen molar-refractivity contribution in [3.05, 3.63) is 28.8 Å². The Bertz CT molecular complexity index is 401. The second-order valence-electron chi connectivity index (χ2n) is 3.61. The van der Waals surface area contributed by atoms with Crippen LogP contribution in [-0.2, 0) is 12.8 Å². The lowest BCUT2D eigenvalue weighted by Crippen LogP contribution is -2.19. The molecule has 1 aromatic rings. The minimum atomic E-state index is -1.11. The number of phenols is 1. The van der Waals surface area contributed by atoms with Gasteiger partial charge in [-0.05, 0) is 36.1 Å². The summed E-state index contributed by atoms with van der Waals surface area (Å²) in [6.45, 7) is 0. The fraction of sp³-hybridized carbons (Fsp3) is 0.300. The minimum absolute atomic E-state index is 0.0437. The monoisotopic (exact) mass is 193 g/mol. The van der Waals surface area contributed by atoms with Gasteiger partial charge in [0.15, 0.2) is 0 Å². The molecule has 2 rings (SSSR count). The van der Waals surface area contributed by atoms with Gasteiger partial charge in [-0.1, -0.05) is 0 Å². The fourth-order valence-electron chi connectivity index (χ4n) is 1.86. The second kappa shape index (κ2) is 2.99. The predicted octanol–water partition coefficient (Wildman–Crippen LogP) is 0.516. The first-order valence-electron chi connectivity index (χ1n) is 4.41. The SMILES string of the molecule is NC1Cc2cc(O)c(C(=O)O)cc2C1. The van der Waals surface area contributed by atoms with Crippen LogP contribution in [0.5, 0.6) is 5.75 Å². The summed E-state index contributed by atoms with van der Waals surface area (Å²) in [5, 5.41) is 18.2. The number of benzene rings is 1. The molecule has 1 unspecified atom stereocenters. The number of carboxylic acids is 1. The highest BCUT2D eigenvalue weighted by Crippen LogP contribution is 2.28. The van der Waals surface area contributed by atoms with E-state index in [1.54, 1.807) is 0 Å². The van der Waals surface area contributed by atoms with Crippen molar-refractivity contribution in [3.8, 4) is 5.75 Å². The van der Waals surface area contributed by atoms with Crippen LogP contribution in [0.15, 0.2) is 12.1 Å². The summed E-state index contributed by atoms with van der Waals surface area (Å²) < 4.78 is 0. The molecule has 0 aromatic heterocycles. The third kappa shape index (κ3) is 1.33. The Hall–Kier alpha value is -1.55. The zero-order chi connectivity index (χ0) is 10.3. The van der Waals surface area contributed by atoms with Crippen molar-refractivity contribution >= 4 is 5.97 Å². The van der Waals surface area contributed by atoms with Crippen LogP contribution >= 0.6 is 0 Å². The lowest BCUT2D eigenvalue weighted by molar-refractivity contribution is 0.0693. The molecule has 0 saturated heterocycles. The Morgan fingerprint density at radius 2 is 1.93 bits per heavy atom. The molecule has 74 valence electrons. The molecule has 1 aliphatic carbocycles. The quantitative estimate of drug-likeness (QED) is 0.607. The summed E-state index contributed by atoms with van der Waals surface area (Å²) in [5.74, 6) is -1.28. The summed E-state index contributed by atoms with van der Waals surface area (Å²) in [6, 6.07) is 3.07. The van der Waals surface area contributed by atoms with E-state index in [9.17, 15) is 9.90 Å². The zero-order valence-corrected chi connectivity index (χ0v) is 7.53. The smallest absolute Gasteiger partial charge is 0.339 e. The summed E-state index contributed by atoms with van der Waals surface area (Å²) in [5.41, 5.74) is 7.58. The summed E-state index contributed by atoms with van der Waals surface area (Å²) in [4.78, 5) is 10.7. The first-order chi connectivity index (χ1) is 6.58. The lowest BCUT2D eigenvalue weighted by atomic mass is 10.1. The van der Waals surface area contributed by atoms with E-state index in [0.29, 0.717) is 12.8 Å². The van der Waals surface area contributed by atoms with Gasteiger partial charge < -0.3 is 15.9 Å². The Balaban J connectivity index is 2.50. The van der Waals surface area contributed by atoms with Gasteiger partial charge in [0.2, 0.25) is 0 Å². The molecule has 0 saturated carbocycles. The maximum Gasteiger partial charge on any atom is 0.339 e. The van der Waals surface area contributed by atoms with Crippen molar-refractivity contribution in [2.45, 2.75) is 18.9 Å². The number of aromatic carboxylic acids is 1. The van der Waals surface area contributed by atoms with Crippen LogP contribution in [0.25, 0.3) is 0 Å². The molecule has 4 heteroatoms. The molecule has 0 spiro atoms. The number of rotatable bonds is 1. The van der Waals surface area contributed by atoms with Crippen LogP contribution < -0.4 is 5.73 Å². The van der Waals surface area contributed by atoms with Crippen molar-refractivity contribution < 1.29 is 15.0 Å². The Labute approximate surface area is 81.0 Å². The van der Waals surface area contributed by atoms with E-state index in [4.69, 9.17) is 10.8 Å². The molecular weight excluding hydrogens is 182 g/mol. The fourth-order valence-corrected chi connectivity index (χ4v) is 1.86. The number of carboxylic acid groups (broad SMARTS) is 1. The summed E-state index contributed by atoms with van der Waals surface area (Å²) >= 11 is 0. The van der Waals surface area contributed by atoms with E-state index in [1.165, 1.54) is 12.1 Å². The predicted molar refractivity (Wildman–Crippen MR) is 50.4 cm³/mol. The van der Waals surface area contributed by atoms with Gasteiger partial charge in [0.25, 0.3) is 0 Å². The average molecular weight is 193 g/mol. The number of fused-ring (bicyclic) bond motifs is 1. The van der Waals surface area contributed by atoms with E-state index < -0.39 is 5.97 Å². The highest BCUT2D eigenvalue weighted by molar-refractivity contribution is 5.91. The number of hydrogen-bond donors (Lipinski definition) is 3. The van der Waals surface area contributed by atoms with Crippen LogP contribution in [-0.4, -0.2) is 22.2 Å². The molecule has 0 radical (unpaired) electrons. The topological polar surface area (TPSA) is 83.5 Å². The minimum Gasteiger partial charge on any atom is -0.507 e. The van der Waals surface area contributed by atoms with Crippen LogP contribution in [0.2, 0.25) is 0 Å². The summed E-state index contributed by atoms with van der Waals surface area (Å²) in [6.07, 6.45) is 1.40. The Kier molecular flexibility index (Phi) is 1.93. The van der Waals surface area contributed by atoms with Gasteiger partial charge in [-0.2, -0.15) is 0 Å². The standard InChI is InChI=1S/C10H11NO3/c11-7-1-5-3-8(10(13)14)9(12)4-6(5)2-7/h3-4,7,12H,1-2,11H2,(H,13,14). The zero-order valence-electron chi connectivity index (χ0n) is 7.53. The normalized spacial score (nSPS) is 19.4. The van der Waals surface area contributed by atoms with Crippen LogP contribution in [0.3, 0.4) is 0 Å². The third-order valence-electron chi connectivity index (χ3n) is 2.51. The maximum atomic E-state index is 10.7. The van der Waals surface area contributed by atoms with Gasteiger partial charge in [-0.15, -0.1) is 0 Å². The van der Waals surface area contributed by atoms with Crippen molar-refractivity contribution in [2.75, 3.05) is 0 Å². The van der Waals surface area contributed by atoms with E-state index >= 15 is 0 Å². The molecule has 0 heterocycles. The van der Waals surface area contributed by atoms with Gasteiger partial charge in [0, 0.05) is 6.04 Å². The number of aromatic hydroxyl groups is 1. The lowest BCUT2D eigenvalue weighted by Gasteiger charge is -2.03. The van der Waals surface area contributed by atoms with Gasteiger partial charge in [-0.25, -0.2) is 4.79 Å². The average Bonchev–Trinajstić information content (AvgIpc) is 2.42. The Morgan fingerprint density at radius 1 is 1.36 bits per heavy atom. The van der Waals surface area contributed by atoms with Gasteiger partial charge in [0.05, 0.1) is 0 Å². The van der Waals surface area contributed by atoms with Crippen molar-refractivity contribution in [1.82, 2.24) is 0 Å². The Morgan fingerprint density at radius 3 is 2.50 bits per heavy atom. The summed E-state index contributed by atoms with van der Waals surface area (Å²) in [7, 11) is 0. The second-order valence-corrected chi connectivity index (χ2v) is 3.61. The third-order valence-corrected chi connectivity index (χ3v) is 2.51. The molecular formula is C10H11NO3. The molecule has 0 fully saturated rings. The molecule has 4 N–H and O–H groups in total. The molecule has 1 aliphatic rings. The largest absolute Gasteiger partial charge is 0.507 e. The first kappa shape index (κ1) is 9.02. The van der Waals surface area contributed by atoms with Gasteiger partial charge in [-0.3, -0.25) is 0 Å². The molecule has 1 aromatic carbocycles. The highest BCUT2D eigenvalue weighted by atomic mass is 16.4. The maximum absolute atomic E-state index is 10.7. The van der Waals surface area contributed by atoms with Crippen LogP contribution in [0.1, 0.15) is 21.5 Å². The van der Waals surface area contributed by atoms with E-state index in [-0.39, 0.29) is 17.4 Å². The van der Waals surface area contributed by atoms with Crippen molar-refractivity contribution in [1.29, 1.82) is 0 Å². The van der Waals surface area contributed by atoms with Crippen LogP contribution in [0, 0.1) is 0 Å². The number of carbonyl (C=O) groups is 1. The van der Waals surface area contributed by atoms with Crippen LogP contribution in [0.4, 0.5) is 0 Å². The van der Waals surface area contributed by atoms with Gasteiger partial charge in [0.1, 0.15) is 11.3 Å². The highest BCUT2D eigenvalue weighted by Gasteiger charge is 2.22. The molecule has 0 aliphatic heterocycles. The number of nitrogens with two attached hydrogens (primary N) is 1. The van der Waals surface area contributed by atoms with Crippen molar-refractivity contribution in [2.24, 2.45) is 5.73 Å². The molecule has 14 heavy (non-hydrogen) atoms. The molecule has 0 bridgehead atoms. The van der Waals surface area contributed by atoms with E-state index in [1.807, 2.05) is 0 Å². The van der Waals surface area contributed by atoms with E-state index in [2.05, 4.69) is 0 Å². The van der Waals surface area contributed by atoms with Gasteiger partial charge >= 0.3 is 5.97 Å².